The number of rotatable bonds is 1. The van der Waals surface area contributed by atoms with E-state index in [4.69, 9.17) is 11.0 Å². The highest BCUT2D eigenvalue weighted by Gasteiger charge is 2.58. The third-order valence-electron chi connectivity index (χ3n) is 2.98. The summed E-state index contributed by atoms with van der Waals surface area (Å²) in [5.74, 6) is 1.25. The number of nitrogens with zero attached hydrogens (tertiary/aromatic N) is 2. The fraction of sp³-hybridized carbons (Fsp3) is 0.800. The molecule has 1 saturated carbocycles. The molecule has 0 aromatic rings. The standard InChI is InChI=1S/C8H10N2O.C2H7N/c1-5-7-2-6(3-9)10(4-11)8(5)7;1-2-3/h4-8H,2H2,1H3;2-3H2,1H3. The summed E-state index contributed by atoms with van der Waals surface area (Å²) in [4.78, 5) is 12.2. The van der Waals surface area contributed by atoms with Crippen LogP contribution < -0.4 is 5.73 Å². The van der Waals surface area contributed by atoms with Gasteiger partial charge >= 0.3 is 0 Å². The van der Waals surface area contributed by atoms with Gasteiger partial charge in [0.25, 0.3) is 0 Å². The number of nitrogens with two attached hydrogens (primary N) is 1. The summed E-state index contributed by atoms with van der Waals surface area (Å²) in [6.07, 6.45) is 1.71. The predicted octanol–water partition coefficient (Wildman–Crippen LogP) is 0.340. The lowest BCUT2D eigenvalue weighted by atomic mass is 10.1. The van der Waals surface area contributed by atoms with Crippen LogP contribution in [0.25, 0.3) is 0 Å². The van der Waals surface area contributed by atoms with Gasteiger partial charge in [-0.2, -0.15) is 5.26 Å². The second-order valence-corrected chi connectivity index (χ2v) is 3.86. The van der Waals surface area contributed by atoms with E-state index in [2.05, 4.69) is 13.0 Å². The molecule has 4 unspecified atom stereocenters. The Hall–Kier alpha value is -1.08. The zero-order valence-corrected chi connectivity index (χ0v) is 8.68. The van der Waals surface area contributed by atoms with Crippen LogP contribution in [0.5, 0.6) is 0 Å². The third kappa shape index (κ3) is 1.73. The Balaban J connectivity index is 0.000000293. The van der Waals surface area contributed by atoms with Gasteiger partial charge in [-0.05, 0) is 24.8 Å². The SMILES string of the molecule is CC1C2CC(C#N)N(C=O)C12.CCN. The van der Waals surface area contributed by atoms with Crippen molar-refractivity contribution in [2.45, 2.75) is 32.4 Å². The molecule has 78 valence electrons. The molecule has 14 heavy (non-hydrogen) atoms. The first-order chi connectivity index (χ1) is 6.71. The van der Waals surface area contributed by atoms with Crippen molar-refractivity contribution < 1.29 is 4.79 Å². The number of hydrogen-bond acceptors (Lipinski definition) is 3. The van der Waals surface area contributed by atoms with Gasteiger partial charge in [-0.1, -0.05) is 13.8 Å². The van der Waals surface area contributed by atoms with E-state index in [1.165, 1.54) is 0 Å². The predicted molar refractivity (Wildman–Crippen MR) is 53.1 cm³/mol. The molecule has 2 N–H and O–H groups in total. The topological polar surface area (TPSA) is 70.1 Å². The largest absolute Gasteiger partial charge is 0.331 e. The summed E-state index contributed by atoms with van der Waals surface area (Å²) >= 11 is 0. The van der Waals surface area contributed by atoms with E-state index in [1.54, 1.807) is 4.90 Å². The molecular weight excluding hydrogens is 178 g/mol. The van der Waals surface area contributed by atoms with Crippen LogP contribution in [0.2, 0.25) is 0 Å². The van der Waals surface area contributed by atoms with Crippen LogP contribution in [0, 0.1) is 23.2 Å². The normalized spacial score (nSPS) is 37.7. The van der Waals surface area contributed by atoms with Crippen molar-refractivity contribution in [3.05, 3.63) is 0 Å². The van der Waals surface area contributed by atoms with Gasteiger partial charge < -0.3 is 10.6 Å². The molecule has 0 aromatic heterocycles. The molecule has 1 amide bonds. The van der Waals surface area contributed by atoms with E-state index in [0.717, 1.165) is 19.4 Å². The first kappa shape index (κ1) is 11.0. The third-order valence-corrected chi connectivity index (χ3v) is 2.98. The molecular formula is C10H17N3O. The highest BCUT2D eigenvalue weighted by Crippen LogP contribution is 2.52. The summed E-state index contributed by atoms with van der Waals surface area (Å²) in [5, 5.41) is 8.64. The van der Waals surface area contributed by atoms with Crippen LogP contribution in [0.4, 0.5) is 0 Å². The molecule has 1 saturated heterocycles. The monoisotopic (exact) mass is 195 g/mol. The minimum absolute atomic E-state index is 0.140. The van der Waals surface area contributed by atoms with Gasteiger partial charge in [0.1, 0.15) is 6.04 Å². The van der Waals surface area contributed by atoms with Crippen LogP contribution in [0.3, 0.4) is 0 Å². The number of likely N-dealkylation sites (tertiary alicyclic amines) is 1. The Morgan fingerprint density at radius 3 is 2.71 bits per heavy atom. The summed E-state index contributed by atoms with van der Waals surface area (Å²) in [6, 6.07) is 2.39. The minimum atomic E-state index is -0.140. The lowest BCUT2D eigenvalue weighted by molar-refractivity contribution is -0.119. The summed E-state index contributed by atoms with van der Waals surface area (Å²) < 4.78 is 0. The number of carbonyl (C=O) groups excluding carboxylic acids is 1. The molecule has 2 rings (SSSR count). The zero-order chi connectivity index (χ0) is 10.7. The van der Waals surface area contributed by atoms with Crippen LogP contribution >= 0.6 is 0 Å². The van der Waals surface area contributed by atoms with Crippen molar-refractivity contribution in [2.24, 2.45) is 17.6 Å². The van der Waals surface area contributed by atoms with Gasteiger partial charge in [0.05, 0.1) is 6.07 Å². The first-order valence-electron chi connectivity index (χ1n) is 5.03. The Morgan fingerprint density at radius 2 is 2.29 bits per heavy atom. The maximum Gasteiger partial charge on any atom is 0.211 e. The molecule has 0 radical (unpaired) electrons. The lowest BCUT2D eigenvalue weighted by Gasteiger charge is -2.17. The van der Waals surface area contributed by atoms with E-state index in [-0.39, 0.29) is 6.04 Å². The average molecular weight is 195 g/mol. The summed E-state index contributed by atoms with van der Waals surface area (Å²) in [6.45, 7) is 4.79. The van der Waals surface area contributed by atoms with E-state index < -0.39 is 0 Å². The molecule has 0 bridgehead atoms. The number of amides is 1. The molecule has 1 aliphatic carbocycles. The number of piperidine rings is 1. The van der Waals surface area contributed by atoms with Crippen LogP contribution in [0.1, 0.15) is 20.3 Å². The number of fused-ring (bicyclic) bond motifs is 1. The molecule has 1 aliphatic heterocycles. The van der Waals surface area contributed by atoms with Gasteiger partial charge in [-0.3, -0.25) is 4.79 Å². The second-order valence-electron chi connectivity index (χ2n) is 3.86. The molecule has 2 aliphatic rings. The zero-order valence-electron chi connectivity index (χ0n) is 8.68. The minimum Gasteiger partial charge on any atom is -0.331 e. The Kier molecular flexibility index (Phi) is 3.48. The highest BCUT2D eigenvalue weighted by molar-refractivity contribution is 5.52. The smallest absolute Gasteiger partial charge is 0.211 e. The Bertz CT molecular complexity index is 248. The van der Waals surface area contributed by atoms with Gasteiger partial charge in [0, 0.05) is 6.04 Å². The van der Waals surface area contributed by atoms with Crippen LogP contribution in [0.15, 0.2) is 0 Å². The van der Waals surface area contributed by atoms with Crippen molar-refractivity contribution in [1.82, 2.24) is 4.90 Å². The molecule has 4 nitrogen and oxygen atoms in total. The van der Waals surface area contributed by atoms with Crippen molar-refractivity contribution in [3.63, 3.8) is 0 Å². The fourth-order valence-corrected chi connectivity index (χ4v) is 2.22. The van der Waals surface area contributed by atoms with Gasteiger partial charge in [0.15, 0.2) is 0 Å². The van der Waals surface area contributed by atoms with Crippen molar-refractivity contribution >= 4 is 6.41 Å². The number of hydrogen-bond donors (Lipinski definition) is 1. The highest BCUT2D eigenvalue weighted by atomic mass is 16.1. The molecule has 2 fully saturated rings. The molecule has 0 spiro atoms. The van der Waals surface area contributed by atoms with E-state index in [0.29, 0.717) is 17.9 Å². The Morgan fingerprint density at radius 1 is 1.71 bits per heavy atom. The number of carbonyl (C=O) groups is 1. The fourth-order valence-electron chi connectivity index (χ4n) is 2.22. The second kappa shape index (κ2) is 4.43. The molecule has 4 heteroatoms. The van der Waals surface area contributed by atoms with E-state index in [9.17, 15) is 4.79 Å². The maximum atomic E-state index is 10.5. The van der Waals surface area contributed by atoms with Crippen molar-refractivity contribution in [2.75, 3.05) is 6.54 Å². The van der Waals surface area contributed by atoms with Crippen LogP contribution in [-0.2, 0) is 4.79 Å². The summed E-state index contributed by atoms with van der Waals surface area (Å²) in [5.41, 5.74) is 4.85. The quantitative estimate of drug-likeness (QED) is 0.613. The van der Waals surface area contributed by atoms with Crippen molar-refractivity contribution in [1.29, 1.82) is 5.26 Å². The maximum absolute atomic E-state index is 10.5. The molecule has 4 atom stereocenters. The molecule has 1 heterocycles. The molecule has 0 aromatic carbocycles. The van der Waals surface area contributed by atoms with E-state index in [1.807, 2.05) is 6.92 Å². The summed E-state index contributed by atoms with van der Waals surface area (Å²) in [7, 11) is 0. The first-order valence-corrected chi connectivity index (χ1v) is 5.03. The lowest BCUT2D eigenvalue weighted by Crippen LogP contribution is -2.31. The Labute approximate surface area is 84.7 Å². The van der Waals surface area contributed by atoms with E-state index >= 15 is 0 Å². The number of nitriles is 1. The average Bonchev–Trinajstić information content (AvgIpc) is 2.67. The van der Waals surface area contributed by atoms with Crippen molar-refractivity contribution in [3.8, 4) is 6.07 Å². The van der Waals surface area contributed by atoms with Crippen LogP contribution in [-0.4, -0.2) is 29.9 Å². The van der Waals surface area contributed by atoms with Gasteiger partial charge in [-0.15, -0.1) is 0 Å². The van der Waals surface area contributed by atoms with Gasteiger partial charge in [-0.25, -0.2) is 0 Å². The van der Waals surface area contributed by atoms with Gasteiger partial charge in [0.2, 0.25) is 6.41 Å².